The molecule has 0 aliphatic heterocycles. The number of rotatable bonds is 3. The minimum Gasteiger partial charge on any atom is -0.302 e. The maximum Gasteiger partial charge on any atom is 0.0575 e. The fourth-order valence-electron chi connectivity index (χ4n) is 1.48. The molecule has 0 fully saturated rings. The first-order valence-electron chi connectivity index (χ1n) is 4.55. The Bertz CT molecular complexity index is 302. The average Bonchev–Trinajstić information content (AvgIpc) is 2.10. The van der Waals surface area contributed by atoms with Crippen molar-refractivity contribution in [3.05, 3.63) is 33.3 Å². The topological polar surface area (TPSA) is 12.5 Å². The molecular formula is C11H16BrNO. The zero-order valence-electron chi connectivity index (χ0n) is 9.10. The number of hydrogen-bond acceptors (Lipinski definition) is 2. The maximum absolute atomic E-state index is 5.12. The number of hydrogen-bond donors (Lipinski definition) is 0. The van der Waals surface area contributed by atoms with Gasteiger partial charge in [-0.3, -0.25) is 0 Å². The summed E-state index contributed by atoms with van der Waals surface area (Å²) in [5, 5.41) is 1.82. The molecule has 2 nitrogen and oxygen atoms in total. The lowest BCUT2D eigenvalue weighted by Gasteiger charge is -2.17. The second-order valence-electron chi connectivity index (χ2n) is 3.49. The molecule has 0 aliphatic carbocycles. The average molecular weight is 258 g/mol. The van der Waals surface area contributed by atoms with Crippen LogP contribution < -0.4 is 0 Å². The number of benzene rings is 1. The minimum atomic E-state index is 0.821. The first-order chi connectivity index (χ1) is 6.54. The molecule has 0 N–H and O–H groups in total. The molecule has 0 unspecified atom stereocenters. The minimum absolute atomic E-state index is 0.821. The van der Waals surface area contributed by atoms with Gasteiger partial charge < -0.3 is 4.84 Å². The van der Waals surface area contributed by atoms with Crippen molar-refractivity contribution in [1.29, 1.82) is 0 Å². The van der Waals surface area contributed by atoms with Gasteiger partial charge >= 0.3 is 0 Å². The monoisotopic (exact) mass is 257 g/mol. The predicted octanol–water partition coefficient (Wildman–Crippen LogP) is 3.06. The van der Waals surface area contributed by atoms with E-state index in [9.17, 15) is 0 Å². The van der Waals surface area contributed by atoms with E-state index < -0.39 is 0 Å². The van der Waals surface area contributed by atoms with Gasteiger partial charge in [0.2, 0.25) is 0 Å². The van der Waals surface area contributed by atoms with Gasteiger partial charge in [0.15, 0.2) is 0 Å². The van der Waals surface area contributed by atoms with E-state index in [1.165, 1.54) is 16.7 Å². The van der Waals surface area contributed by atoms with Crippen molar-refractivity contribution in [3.8, 4) is 0 Å². The Morgan fingerprint density at radius 2 is 1.79 bits per heavy atom. The molecule has 0 heterocycles. The SMILES string of the molecule is CON(C)Cc1c(C)cc(Br)cc1C. The number of aryl methyl sites for hydroxylation is 2. The largest absolute Gasteiger partial charge is 0.302 e. The van der Waals surface area contributed by atoms with E-state index in [0.717, 1.165) is 11.0 Å². The summed E-state index contributed by atoms with van der Waals surface area (Å²) in [6.07, 6.45) is 0. The van der Waals surface area contributed by atoms with Crippen molar-refractivity contribution in [3.63, 3.8) is 0 Å². The molecule has 1 aromatic carbocycles. The second kappa shape index (κ2) is 4.91. The van der Waals surface area contributed by atoms with Crippen LogP contribution in [0.15, 0.2) is 16.6 Å². The summed E-state index contributed by atoms with van der Waals surface area (Å²) in [7, 11) is 3.62. The summed E-state index contributed by atoms with van der Waals surface area (Å²) in [6.45, 7) is 5.06. The number of halogens is 1. The number of nitrogens with zero attached hydrogens (tertiary/aromatic N) is 1. The summed E-state index contributed by atoms with van der Waals surface area (Å²) in [5.41, 5.74) is 3.92. The molecule has 0 spiro atoms. The van der Waals surface area contributed by atoms with E-state index in [-0.39, 0.29) is 0 Å². The van der Waals surface area contributed by atoms with Crippen molar-refractivity contribution >= 4 is 15.9 Å². The lowest BCUT2D eigenvalue weighted by Crippen LogP contribution is -2.17. The summed E-state index contributed by atoms with van der Waals surface area (Å²) in [5.74, 6) is 0. The Labute approximate surface area is 94.0 Å². The van der Waals surface area contributed by atoms with Gasteiger partial charge in [-0.25, -0.2) is 0 Å². The summed E-state index contributed by atoms with van der Waals surface area (Å²) in [6, 6.07) is 4.26. The van der Waals surface area contributed by atoms with Crippen molar-refractivity contribution in [1.82, 2.24) is 5.06 Å². The first-order valence-corrected chi connectivity index (χ1v) is 5.34. The van der Waals surface area contributed by atoms with Crippen molar-refractivity contribution in [2.75, 3.05) is 14.2 Å². The van der Waals surface area contributed by atoms with E-state index in [0.29, 0.717) is 0 Å². The van der Waals surface area contributed by atoms with Crippen LogP contribution in [0.25, 0.3) is 0 Å². The van der Waals surface area contributed by atoms with Gasteiger partial charge in [-0.2, -0.15) is 5.06 Å². The van der Waals surface area contributed by atoms with Gasteiger partial charge in [0.25, 0.3) is 0 Å². The quantitative estimate of drug-likeness (QED) is 0.772. The first kappa shape index (κ1) is 11.7. The Balaban J connectivity index is 2.96. The van der Waals surface area contributed by atoms with Gasteiger partial charge in [-0.1, -0.05) is 15.9 Å². The molecule has 0 amide bonds. The van der Waals surface area contributed by atoms with Crippen LogP contribution in [0.5, 0.6) is 0 Å². The van der Waals surface area contributed by atoms with Crippen LogP contribution in [-0.2, 0) is 11.4 Å². The van der Waals surface area contributed by atoms with Crippen molar-refractivity contribution in [2.45, 2.75) is 20.4 Å². The molecule has 0 atom stereocenters. The van der Waals surface area contributed by atoms with Gasteiger partial charge in [-0.15, -0.1) is 0 Å². The van der Waals surface area contributed by atoms with E-state index in [1.807, 2.05) is 12.1 Å². The van der Waals surface area contributed by atoms with Crippen LogP contribution in [-0.4, -0.2) is 19.2 Å². The normalized spacial score (nSPS) is 11.0. The van der Waals surface area contributed by atoms with Gasteiger partial charge in [0.1, 0.15) is 0 Å². The molecule has 0 saturated carbocycles. The Morgan fingerprint density at radius 3 is 2.21 bits per heavy atom. The van der Waals surface area contributed by atoms with E-state index in [4.69, 9.17) is 4.84 Å². The van der Waals surface area contributed by atoms with Crippen LogP contribution in [0.2, 0.25) is 0 Å². The van der Waals surface area contributed by atoms with Gasteiger partial charge in [-0.05, 0) is 42.7 Å². The number of hydroxylamine groups is 2. The standard InChI is InChI=1S/C11H16BrNO/c1-8-5-10(12)6-9(2)11(8)7-13(3)14-4/h5-6H,7H2,1-4H3. The van der Waals surface area contributed by atoms with Crippen molar-refractivity contribution < 1.29 is 4.84 Å². The fraction of sp³-hybridized carbons (Fsp3) is 0.455. The van der Waals surface area contributed by atoms with Crippen molar-refractivity contribution in [2.24, 2.45) is 0 Å². The van der Waals surface area contributed by atoms with Gasteiger partial charge in [0, 0.05) is 18.1 Å². The fourth-order valence-corrected chi connectivity index (χ4v) is 2.16. The molecule has 0 aromatic heterocycles. The summed E-state index contributed by atoms with van der Waals surface area (Å²) >= 11 is 3.49. The third kappa shape index (κ3) is 2.80. The van der Waals surface area contributed by atoms with Crippen LogP contribution in [0.3, 0.4) is 0 Å². The molecule has 1 rings (SSSR count). The molecule has 0 saturated heterocycles. The predicted molar refractivity (Wildman–Crippen MR) is 62.1 cm³/mol. The third-order valence-corrected chi connectivity index (χ3v) is 2.81. The molecule has 0 aliphatic rings. The molecule has 1 aromatic rings. The van der Waals surface area contributed by atoms with E-state index in [1.54, 1.807) is 7.11 Å². The van der Waals surface area contributed by atoms with Crippen LogP contribution in [0.1, 0.15) is 16.7 Å². The van der Waals surface area contributed by atoms with E-state index in [2.05, 4.69) is 41.9 Å². The Kier molecular flexibility index (Phi) is 4.11. The molecule has 0 radical (unpaired) electrons. The zero-order chi connectivity index (χ0) is 10.7. The van der Waals surface area contributed by atoms with Crippen LogP contribution in [0.4, 0.5) is 0 Å². The molecule has 0 bridgehead atoms. The highest BCUT2D eigenvalue weighted by atomic mass is 79.9. The maximum atomic E-state index is 5.12. The highest BCUT2D eigenvalue weighted by Crippen LogP contribution is 2.21. The molecular weight excluding hydrogens is 242 g/mol. The Morgan fingerprint density at radius 1 is 1.29 bits per heavy atom. The molecule has 14 heavy (non-hydrogen) atoms. The summed E-state index contributed by atoms with van der Waals surface area (Å²) in [4.78, 5) is 5.12. The second-order valence-corrected chi connectivity index (χ2v) is 4.40. The Hall–Kier alpha value is -0.380. The van der Waals surface area contributed by atoms with Gasteiger partial charge in [0.05, 0.1) is 7.11 Å². The lowest BCUT2D eigenvalue weighted by atomic mass is 10.0. The third-order valence-electron chi connectivity index (χ3n) is 2.35. The van der Waals surface area contributed by atoms with Crippen LogP contribution >= 0.6 is 15.9 Å². The molecule has 3 heteroatoms. The zero-order valence-corrected chi connectivity index (χ0v) is 10.7. The van der Waals surface area contributed by atoms with Crippen LogP contribution in [0, 0.1) is 13.8 Å². The highest BCUT2D eigenvalue weighted by Gasteiger charge is 2.06. The van der Waals surface area contributed by atoms with E-state index >= 15 is 0 Å². The summed E-state index contributed by atoms with van der Waals surface area (Å²) < 4.78 is 1.14. The lowest BCUT2D eigenvalue weighted by molar-refractivity contribution is -0.116. The smallest absolute Gasteiger partial charge is 0.0575 e. The molecule has 78 valence electrons. The highest BCUT2D eigenvalue weighted by molar-refractivity contribution is 9.10.